The Balaban J connectivity index is 1.75. The highest BCUT2D eigenvalue weighted by Crippen LogP contribution is 2.21. The molecule has 0 unspecified atom stereocenters. The lowest BCUT2D eigenvalue weighted by Crippen LogP contribution is -2.42. The predicted octanol–water partition coefficient (Wildman–Crippen LogP) is 3.10. The summed E-state index contributed by atoms with van der Waals surface area (Å²) in [7, 11) is 0. The number of aromatic nitrogens is 1. The van der Waals surface area contributed by atoms with Crippen LogP contribution in [0.25, 0.3) is 6.08 Å². The topological polar surface area (TPSA) is 37.6 Å². The quantitative estimate of drug-likeness (QED) is 0.675. The third-order valence-corrected chi connectivity index (χ3v) is 5.55. The SMILES string of the molecule is O=c1/c(=C\c2ccc(Cl)cc2Cl)sc2n1CN(c1ccccc1)CN=2. The molecule has 1 aliphatic heterocycles. The fourth-order valence-electron chi connectivity index (χ4n) is 2.67. The lowest BCUT2D eigenvalue weighted by atomic mass is 10.2. The fraction of sp³-hybridized carbons (Fsp3) is 0.111. The Morgan fingerprint density at radius 1 is 1.12 bits per heavy atom. The van der Waals surface area contributed by atoms with Gasteiger partial charge in [-0.15, -0.1) is 0 Å². The van der Waals surface area contributed by atoms with E-state index < -0.39 is 0 Å². The van der Waals surface area contributed by atoms with Crippen molar-refractivity contribution in [1.29, 1.82) is 0 Å². The molecule has 1 aliphatic rings. The second kappa shape index (κ2) is 6.67. The predicted molar refractivity (Wildman–Crippen MR) is 103 cm³/mol. The minimum atomic E-state index is -0.0598. The highest BCUT2D eigenvalue weighted by Gasteiger charge is 2.15. The van der Waals surface area contributed by atoms with Crippen molar-refractivity contribution in [2.24, 2.45) is 4.99 Å². The molecular weight excluding hydrogens is 377 g/mol. The van der Waals surface area contributed by atoms with Gasteiger partial charge < -0.3 is 4.90 Å². The second-order valence-electron chi connectivity index (χ2n) is 5.61. The monoisotopic (exact) mass is 389 g/mol. The van der Waals surface area contributed by atoms with Gasteiger partial charge in [-0.2, -0.15) is 0 Å². The summed E-state index contributed by atoms with van der Waals surface area (Å²) < 4.78 is 2.30. The zero-order chi connectivity index (χ0) is 17.4. The van der Waals surface area contributed by atoms with Crippen LogP contribution in [0, 0.1) is 0 Å². The van der Waals surface area contributed by atoms with Gasteiger partial charge in [0, 0.05) is 15.7 Å². The van der Waals surface area contributed by atoms with E-state index in [4.69, 9.17) is 23.2 Å². The molecule has 0 saturated heterocycles. The van der Waals surface area contributed by atoms with Crippen molar-refractivity contribution in [3.63, 3.8) is 0 Å². The summed E-state index contributed by atoms with van der Waals surface area (Å²) in [4.78, 5) is 20.1. The number of halogens is 2. The lowest BCUT2D eigenvalue weighted by Gasteiger charge is -2.25. The molecule has 2 aromatic carbocycles. The smallest absolute Gasteiger partial charge is 0.271 e. The molecule has 2 heterocycles. The van der Waals surface area contributed by atoms with E-state index in [2.05, 4.69) is 9.89 Å². The van der Waals surface area contributed by atoms with E-state index in [1.165, 1.54) is 11.3 Å². The number of benzene rings is 2. The van der Waals surface area contributed by atoms with Crippen LogP contribution in [0.15, 0.2) is 58.3 Å². The maximum atomic E-state index is 12.8. The number of anilines is 1. The van der Waals surface area contributed by atoms with Gasteiger partial charge in [0.15, 0.2) is 4.80 Å². The van der Waals surface area contributed by atoms with Crippen LogP contribution in [0.5, 0.6) is 0 Å². The molecule has 1 aromatic heterocycles. The van der Waals surface area contributed by atoms with E-state index >= 15 is 0 Å². The molecule has 7 heteroatoms. The number of fused-ring (bicyclic) bond motifs is 1. The molecule has 25 heavy (non-hydrogen) atoms. The van der Waals surface area contributed by atoms with Gasteiger partial charge in [0.05, 0.1) is 4.53 Å². The van der Waals surface area contributed by atoms with Gasteiger partial charge in [0.1, 0.15) is 13.3 Å². The van der Waals surface area contributed by atoms with E-state index in [0.29, 0.717) is 27.9 Å². The van der Waals surface area contributed by atoms with Crippen molar-refractivity contribution in [2.45, 2.75) is 6.67 Å². The van der Waals surface area contributed by atoms with Crippen molar-refractivity contribution in [1.82, 2.24) is 4.57 Å². The van der Waals surface area contributed by atoms with Crippen molar-refractivity contribution in [3.8, 4) is 0 Å². The molecule has 0 amide bonds. The summed E-state index contributed by atoms with van der Waals surface area (Å²) in [5, 5.41) is 1.09. The largest absolute Gasteiger partial charge is 0.334 e. The van der Waals surface area contributed by atoms with E-state index in [1.54, 1.807) is 28.8 Å². The summed E-state index contributed by atoms with van der Waals surface area (Å²) in [5.74, 6) is 0. The first-order valence-electron chi connectivity index (χ1n) is 7.63. The van der Waals surface area contributed by atoms with Crippen molar-refractivity contribution in [2.75, 3.05) is 11.6 Å². The number of thiazole rings is 1. The number of rotatable bonds is 2. The Kier molecular flexibility index (Phi) is 4.37. The average molecular weight is 390 g/mol. The summed E-state index contributed by atoms with van der Waals surface area (Å²) in [6, 6.07) is 15.2. The average Bonchev–Trinajstić information content (AvgIpc) is 2.93. The molecule has 0 atom stereocenters. The Hall–Kier alpha value is -2.08. The van der Waals surface area contributed by atoms with Crippen LogP contribution in [0.2, 0.25) is 10.0 Å². The maximum absolute atomic E-state index is 12.8. The van der Waals surface area contributed by atoms with Gasteiger partial charge in [-0.25, -0.2) is 4.99 Å². The highest BCUT2D eigenvalue weighted by molar-refractivity contribution is 7.07. The fourth-order valence-corrected chi connectivity index (χ4v) is 4.09. The summed E-state index contributed by atoms with van der Waals surface area (Å²) in [6.07, 6.45) is 1.79. The van der Waals surface area contributed by atoms with Crippen LogP contribution in [0.3, 0.4) is 0 Å². The minimum Gasteiger partial charge on any atom is -0.334 e. The zero-order valence-corrected chi connectivity index (χ0v) is 15.4. The van der Waals surface area contributed by atoms with Crippen LogP contribution in [0.4, 0.5) is 5.69 Å². The molecular formula is C18H13Cl2N3OS. The van der Waals surface area contributed by atoms with Gasteiger partial charge in [-0.05, 0) is 35.9 Å². The summed E-state index contributed by atoms with van der Waals surface area (Å²) >= 11 is 13.5. The normalized spacial score (nSPS) is 14.3. The Morgan fingerprint density at radius 3 is 2.68 bits per heavy atom. The van der Waals surface area contributed by atoms with Crippen LogP contribution < -0.4 is 19.8 Å². The van der Waals surface area contributed by atoms with E-state index in [-0.39, 0.29) is 5.56 Å². The molecule has 0 aliphatic carbocycles. The second-order valence-corrected chi connectivity index (χ2v) is 7.46. The van der Waals surface area contributed by atoms with Gasteiger partial charge in [-0.1, -0.05) is 58.8 Å². The molecule has 0 N–H and O–H groups in total. The van der Waals surface area contributed by atoms with Crippen LogP contribution in [-0.4, -0.2) is 11.2 Å². The van der Waals surface area contributed by atoms with Crippen molar-refractivity contribution < 1.29 is 0 Å². The molecule has 0 radical (unpaired) electrons. The number of para-hydroxylation sites is 1. The number of nitrogens with zero attached hydrogens (tertiary/aromatic N) is 3. The molecule has 0 spiro atoms. The van der Waals surface area contributed by atoms with Gasteiger partial charge in [0.2, 0.25) is 0 Å². The van der Waals surface area contributed by atoms with E-state index in [1.807, 2.05) is 30.3 Å². The number of hydrogen-bond donors (Lipinski definition) is 0. The molecule has 3 aromatic rings. The Labute approximate surface area is 157 Å². The van der Waals surface area contributed by atoms with Gasteiger partial charge in [0.25, 0.3) is 5.56 Å². The molecule has 4 nitrogen and oxygen atoms in total. The summed E-state index contributed by atoms with van der Waals surface area (Å²) in [5.41, 5.74) is 1.75. The number of hydrogen-bond acceptors (Lipinski definition) is 4. The molecule has 126 valence electrons. The van der Waals surface area contributed by atoms with Crippen LogP contribution in [0.1, 0.15) is 5.56 Å². The Morgan fingerprint density at radius 2 is 1.92 bits per heavy atom. The first-order chi connectivity index (χ1) is 12.1. The molecule has 0 fully saturated rings. The third-order valence-electron chi connectivity index (χ3n) is 3.95. The van der Waals surface area contributed by atoms with Crippen molar-refractivity contribution >= 4 is 46.3 Å². The standard InChI is InChI=1S/C18H13Cl2N3OS/c19-13-7-6-12(15(20)9-13)8-16-17(24)23-11-22(10-21-18(23)25-16)14-4-2-1-3-5-14/h1-9H,10-11H2/b16-8+. The first-order valence-corrected chi connectivity index (χ1v) is 9.20. The molecule has 0 bridgehead atoms. The zero-order valence-electron chi connectivity index (χ0n) is 13.0. The maximum Gasteiger partial charge on any atom is 0.271 e. The summed E-state index contributed by atoms with van der Waals surface area (Å²) in [6.45, 7) is 1.02. The minimum absolute atomic E-state index is 0.0598. The van der Waals surface area contributed by atoms with Crippen LogP contribution >= 0.6 is 34.5 Å². The Bertz CT molecular complexity index is 1110. The van der Waals surface area contributed by atoms with Crippen molar-refractivity contribution in [3.05, 3.63) is 83.8 Å². The van der Waals surface area contributed by atoms with Gasteiger partial charge >= 0.3 is 0 Å². The van der Waals surface area contributed by atoms with Crippen LogP contribution in [-0.2, 0) is 6.67 Å². The lowest BCUT2D eigenvalue weighted by molar-refractivity contribution is 0.569. The van der Waals surface area contributed by atoms with E-state index in [9.17, 15) is 4.79 Å². The van der Waals surface area contributed by atoms with Gasteiger partial charge in [-0.3, -0.25) is 9.36 Å². The third kappa shape index (κ3) is 3.23. The molecule has 0 saturated carbocycles. The highest BCUT2D eigenvalue weighted by atomic mass is 35.5. The first kappa shape index (κ1) is 16.4. The molecule has 4 rings (SSSR count). The van der Waals surface area contributed by atoms with E-state index in [0.717, 1.165) is 16.1 Å².